The predicted molar refractivity (Wildman–Crippen MR) is 91.1 cm³/mol. The number of amides is 1. The molecular formula is C16H30N2OS. The lowest BCUT2D eigenvalue weighted by Gasteiger charge is -2.28. The quantitative estimate of drug-likeness (QED) is 0.782. The Kier molecular flexibility index (Phi) is 17.0. The third-order valence-corrected chi connectivity index (χ3v) is 3.53. The lowest BCUT2D eigenvalue weighted by molar-refractivity contribution is -0.131. The van der Waals surface area contributed by atoms with Crippen molar-refractivity contribution in [2.45, 2.75) is 45.8 Å². The molecule has 1 fully saturated rings. The van der Waals surface area contributed by atoms with E-state index in [-0.39, 0.29) is 0 Å². The molecule has 4 heteroatoms. The van der Waals surface area contributed by atoms with E-state index < -0.39 is 0 Å². The number of piperidine rings is 1. The fourth-order valence-corrected chi connectivity index (χ4v) is 2.21. The maximum absolute atomic E-state index is 11.0. The molecule has 0 bridgehead atoms. The molecule has 1 amide bonds. The molecule has 1 unspecified atom stereocenters. The van der Waals surface area contributed by atoms with Crippen LogP contribution < -0.4 is 0 Å². The number of hydrogen-bond donors (Lipinski definition) is 0. The summed E-state index contributed by atoms with van der Waals surface area (Å²) in [6.45, 7) is 8.93. The van der Waals surface area contributed by atoms with Gasteiger partial charge in [0.2, 0.25) is 5.91 Å². The van der Waals surface area contributed by atoms with E-state index in [9.17, 15) is 4.79 Å². The van der Waals surface area contributed by atoms with Gasteiger partial charge in [0.05, 0.1) is 0 Å². The second kappa shape index (κ2) is 16.0. The average Bonchev–Trinajstić information content (AvgIpc) is 2.56. The summed E-state index contributed by atoms with van der Waals surface area (Å²) in [5.41, 5.74) is 0. The van der Waals surface area contributed by atoms with Gasteiger partial charge >= 0.3 is 0 Å². The molecule has 2 heterocycles. The maximum atomic E-state index is 11.0. The smallest absolute Gasteiger partial charge is 0.222 e. The predicted octanol–water partition coefficient (Wildman–Crippen LogP) is 4.10. The van der Waals surface area contributed by atoms with Crippen LogP contribution in [0.1, 0.15) is 40.5 Å². The van der Waals surface area contributed by atoms with Crippen molar-refractivity contribution < 1.29 is 4.79 Å². The number of rotatable bonds is 1. The number of nitrogens with zero attached hydrogens (tertiary/aromatic N) is 2. The number of aromatic nitrogens is 1. The highest BCUT2D eigenvalue weighted by molar-refractivity contribution is 7.99. The van der Waals surface area contributed by atoms with Gasteiger partial charge in [-0.1, -0.05) is 33.8 Å². The van der Waals surface area contributed by atoms with Gasteiger partial charge in [0.1, 0.15) is 0 Å². The third-order valence-electron chi connectivity index (χ3n) is 2.48. The van der Waals surface area contributed by atoms with Crippen LogP contribution in [0.15, 0.2) is 30.6 Å². The van der Waals surface area contributed by atoms with Crippen LogP contribution in [0.3, 0.4) is 0 Å². The van der Waals surface area contributed by atoms with Crippen LogP contribution >= 0.6 is 11.8 Å². The van der Waals surface area contributed by atoms with Gasteiger partial charge < -0.3 is 4.90 Å². The second-order valence-corrected chi connectivity index (χ2v) is 4.83. The molecule has 3 nitrogen and oxygen atoms in total. The van der Waals surface area contributed by atoms with Crippen LogP contribution in [0.5, 0.6) is 0 Å². The molecule has 1 aromatic rings. The van der Waals surface area contributed by atoms with Gasteiger partial charge in [-0.05, 0) is 24.8 Å². The van der Waals surface area contributed by atoms with Crippen molar-refractivity contribution in [2.24, 2.45) is 0 Å². The lowest BCUT2D eigenvalue weighted by Crippen LogP contribution is -2.38. The molecule has 1 saturated heterocycles. The first-order valence-corrected chi connectivity index (χ1v) is 8.64. The number of hydrogen-bond acceptors (Lipinski definition) is 3. The van der Waals surface area contributed by atoms with E-state index in [2.05, 4.69) is 11.2 Å². The summed E-state index contributed by atoms with van der Waals surface area (Å²) in [5.74, 6) is 0.297. The summed E-state index contributed by atoms with van der Waals surface area (Å²) in [6.07, 6.45) is 7.40. The molecule has 116 valence electrons. The van der Waals surface area contributed by atoms with Crippen LogP contribution in [0.2, 0.25) is 0 Å². The van der Waals surface area contributed by atoms with Crippen molar-refractivity contribution in [3.05, 3.63) is 30.6 Å². The fourth-order valence-electron chi connectivity index (χ4n) is 1.48. The molecule has 0 aliphatic carbocycles. The summed E-state index contributed by atoms with van der Waals surface area (Å²) >= 11 is 1.86. The largest absolute Gasteiger partial charge is 0.345 e. The minimum absolute atomic E-state index is 0.297. The van der Waals surface area contributed by atoms with Gasteiger partial charge in [0.25, 0.3) is 0 Å². The molecule has 1 aliphatic rings. The Hall–Kier alpha value is -1.03. The Balaban J connectivity index is 0. The summed E-state index contributed by atoms with van der Waals surface area (Å²) in [6, 6.07) is 5.72. The monoisotopic (exact) mass is 298 g/mol. The van der Waals surface area contributed by atoms with Gasteiger partial charge in [-0.25, -0.2) is 0 Å². The summed E-state index contributed by atoms with van der Waals surface area (Å²) in [7, 11) is 1.88. The summed E-state index contributed by atoms with van der Waals surface area (Å²) in [4.78, 5) is 16.6. The van der Waals surface area contributed by atoms with Gasteiger partial charge in [-0.3, -0.25) is 9.78 Å². The van der Waals surface area contributed by atoms with E-state index in [1.807, 2.05) is 69.6 Å². The van der Waals surface area contributed by atoms with E-state index in [1.165, 1.54) is 0 Å². The second-order valence-electron chi connectivity index (χ2n) is 3.70. The molecule has 2 rings (SSSR count). The highest BCUT2D eigenvalue weighted by atomic mass is 32.2. The van der Waals surface area contributed by atoms with Crippen LogP contribution in [0.4, 0.5) is 0 Å². The minimum Gasteiger partial charge on any atom is -0.345 e. The molecule has 0 saturated carbocycles. The lowest BCUT2D eigenvalue weighted by atomic mass is 10.1. The molecule has 1 atom stereocenters. The highest BCUT2D eigenvalue weighted by Gasteiger charge is 2.21. The van der Waals surface area contributed by atoms with Gasteiger partial charge in [-0.15, -0.1) is 0 Å². The van der Waals surface area contributed by atoms with Crippen molar-refractivity contribution >= 4 is 17.7 Å². The van der Waals surface area contributed by atoms with Crippen molar-refractivity contribution in [3.63, 3.8) is 0 Å². The van der Waals surface area contributed by atoms with Crippen LogP contribution in [-0.4, -0.2) is 40.9 Å². The van der Waals surface area contributed by atoms with Crippen LogP contribution in [-0.2, 0) is 4.79 Å². The van der Waals surface area contributed by atoms with Crippen molar-refractivity contribution in [1.29, 1.82) is 0 Å². The van der Waals surface area contributed by atoms with E-state index in [0.717, 1.165) is 19.4 Å². The molecule has 1 aliphatic heterocycles. The van der Waals surface area contributed by atoms with Crippen LogP contribution in [0, 0.1) is 0 Å². The standard InChI is InChI=1S/C7H13NOS.C5H5N.2C2H6/c1-8-5-6(10-2)3-4-7(8)9;1-2-4-6-5-3-1;2*1-2/h6H,3-5H2,1-2H3;1-5H;2*1-2H3. The first-order chi connectivity index (χ1) is 9.74. The van der Waals surface area contributed by atoms with Crippen molar-refractivity contribution in [3.8, 4) is 0 Å². The normalized spacial score (nSPS) is 16.6. The van der Waals surface area contributed by atoms with Gasteiger partial charge in [0.15, 0.2) is 0 Å². The summed E-state index contributed by atoms with van der Waals surface area (Å²) in [5, 5.41) is 0.669. The number of thioether (sulfide) groups is 1. The van der Waals surface area contributed by atoms with E-state index in [1.54, 1.807) is 12.4 Å². The molecule has 0 radical (unpaired) electrons. The van der Waals surface area contributed by atoms with Gasteiger partial charge in [-0.2, -0.15) is 11.8 Å². The number of pyridine rings is 1. The Bertz CT molecular complexity index is 280. The van der Waals surface area contributed by atoms with Crippen molar-refractivity contribution in [2.75, 3.05) is 19.8 Å². The zero-order chi connectivity index (χ0) is 15.8. The topological polar surface area (TPSA) is 33.2 Å². The highest BCUT2D eigenvalue weighted by Crippen LogP contribution is 2.19. The van der Waals surface area contributed by atoms with Crippen LogP contribution in [0.25, 0.3) is 0 Å². The molecule has 0 aromatic carbocycles. The Morgan fingerprint density at radius 1 is 1.15 bits per heavy atom. The SMILES string of the molecule is CC.CC.CSC1CCC(=O)N(C)C1.c1ccncc1. The van der Waals surface area contributed by atoms with Crippen molar-refractivity contribution in [1.82, 2.24) is 9.88 Å². The summed E-state index contributed by atoms with van der Waals surface area (Å²) < 4.78 is 0. The Labute approximate surface area is 129 Å². The first-order valence-electron chi connectivity index (χ1n) is 7.35. The van der Waals surface area contributed by atoms with E-state index in [4.69, 9.17) is 0 Å². The molecule has 20 heavy (non-hydrogen) atoms. The third kappa shape index (κ3) is 10.9. The molecular weight excluding hydrogens is 268 g/mol. The zero-order valence-corrected chi connectivity index (χ0v) is 14.6. The van der Waals surface area contributed by atoms with E-state index >= 15 is 0 Å². The molecule has 0 N–H and O–H groups in total. The Morgan fingerprint density at radius 3 is 2.00 bits per heavy atom. The zero-order valence-electron chi connectivity index (χ0n) is 13.8. The number of likely N-dealkylation sites (tertiary alicyclic amines) is 1. The van der Waals surface area contributed by atoms with Gasteiger partial charge in [0, 0.05) is 37.7 Å². The first kappa shape index (κ1) is 21.3. The van der Waals surface area contributed by atoms with E-state index in [0.29, 0.717) is 11.2 Å². The minimum atomic E-state index is 0.297. The Morgan fingerprint density at radius 2 is 1.70 bits per heavy atom. The number of carbonyl (C=O) groups excluding carboxylic acids is 1. The molecule has 0 spiro atoms. The fraction of sp³-hybridized carbons (Fsp3) is 0.625. The average molecular weight is 298 g/mol. The number of carbonyl (C=O) groups is 1. The maximum Gasteiger partial charge on any atom is 0.222 e. The molecule has 1 aromatic heterocycles.